The lowest BCUT2D eigenvalue weighted by Crippen LogP contribution is -2.46. The van der Waals surface area contributed by atoms with Crippen molar-refractivity contribution in [2.75, 3.05) is 6.54 Å². The molecule has 5 heteroatoms. The molecule has 1 saturated carbocycles. The van der Waals surface area contributed by atoms with Gasteiger partial charge in [-0.1, -0.05) is 60.7 Å². The smallest absolute Gasteiger partial charge is 0.224 e. The summed E-state index contributed by atoms with van der Waals surface area (Å²) in [5, 5.41) is 0. The molecule has 1 aromatic heterocycles. The van der Waals surface area contributed by atoms with E-state index in [0.29, 0.717) is 24.7 Å². The number of benzene rings is 2. The molecule has 0 spiro atoms. The zero-order valence-corrected chi connectivity index (χ0v) is 17.8. The van der Waals surface area contributed by atoms with Gasteiger partial charge in [-0.2, -0.15) is 0 Å². The van der Waals surface area contributed by atoms with Gasteiger partial charge in [0.1, 0.15) is 5.82 Å². The zero-order valence-electron chi connectivity index (χ0n) is 17.8. The molecule has 1 heterocycles. The number of nitrogens with zero attached hydrogens (tertiary/aromatic N) is 2. The van der Waals surface area contributed by atoms with Crippen molar-refractivity contribution < 1.29 is 4.79 Å². The lowest BCUT2D eigenvalue weighted by molar-refractivity contribution is -0.132. The van der Waals surface area contributed by atoms with E-state index in [-0.39, 0.29) is 11.8 Å². The molecular weight excluding hydrogens is 384 g/mol. The van der Waals surface area contributed by atoms with E-state index in [1.165, 1.54) is 0 Å². The van der Waals surface area contributed by atoms with Crippen molar-refractivity contribution in [2.24, 2.45) is 22.8 Å². The highest BCUT2D eigenvalue weighted by Gasteiger charge is 2.48. The Morgan fingerprint density at radius 1 is 1.00 bits per heavy atom. The first kappa shape index (κ1) is 21.2. The van der Waals surface area contributed by atoms with Gasteiger partial charge in [-0.15, -0.1) is 0 Å². The van der Waals surface area contributed by atoms with Gasteiger partial charge in [-0.05, 0) is 56.2 Å². The van der Waals surface area contributed by atoms with Crippen molar-refractivity contribution in [3.05, 3.63) is 84.3 Å². The van der Waals surface area contributed by atoms with Crippen molar-refractivity contribution in [3.63, 3.8) is 0 Å². The minimum absolute atomic E-state index is 0.185. The fourth-order valence-electron chi connectivity index (χ4n) is 4.89. The molecule has 31 heavy (non-hydrogen) atoms. The summed E-state index contributed by atoms with van der Waals surface area (Å²) in [4.78, 5) is 22.6. The number of primary amides is 1. The Balaban J connectivity index is 1.77. The molecule has 0 bridgehead atoms. The summed E-state index contributed by atoms with van der Waals surface area (Å²) in [6.45, 7) is 0.651. The van der Waals surface area contributed by atoms with Crippen molar-refractivity contribution in [1.82, 2.24) is 9.97 Å². The highest BCUT2D eigenvalue weighted by atomic mass is 16.1. The SMILES string of the molecule is NCC1CCC(C(N)=O)([C@H](Cc2ccccc2)c2nccc(-c3ccccc3)n2)CC1. The molecular formula is C26H30N4O. The summed E-state index contributed by atoms with van der Waals surface area (Å²) in [5.74, 6) is 0.698. The third-order valence-corrected chi connectivity index (χ3v) is 6.83. The van der Waals surface area contributed by atoms with Crippen LogP contribution in [-0.2, 0) is 11.2 Å². The predicted octanol–water partition coefficient (Wildman–Crippen LogP) is 4.09. The third kappa shape index (κ3) is 4.52. The maximum absolute atomic E-state index is 13.0. The Hall–Kier alpha value is -3.05. The van der Waals surface area contributed by atoms with Gasteiger partial charge < -0.3 is 11.5 Å². The average Bonchev–Trinajstić information content (AvgIpc) is 2.84. The van der Waals surface area contributed by atoms with Crippen LogP contribution in [0.1, 0.15) is 43.0 Å². The molecule has 1 aliphatic carbocycles. The second-order valence-electron chi connectivity index (χ2n) is 8.61. The number of rotatable bonds is 7. The van der Waals surface area contributed by atoms with E-state index in [1.54, 1.807) is 6.20 Å². The van der Waals surface area contributed by atoms with Crippen LogP contribution in [0, 0.1) is 11.3 Å². The van der Waals surface area contributed by atoms with Gasteiger partial charge >= 0.3 is 0 Å². The number of hydrogen-bond donors (Lipinski definition) is 2. The van der Waals surface area contributed by atoms with Crippen molar-refractivity contribution in [3.8, 4) is 11.3 Å². The molecule has 2 aromatic carbocycles. The summed E-state index contributed by atoms with van der Waals surface area (Å²) in [6.07, 6.45) is 5.73. The lowest BCUT2D eigenvalue weighted by Gasteiger charge is -2.42. The average molecular weight is 415 g/mol. The summed E-state index contributed by atoms with van der Waals surface area (Å²) in [5.41, 5.74) is 14.4. The van der Waals surface area contributed by atoms with E-state index in [1.807, 2.05) is 54.6 Å². The van der Waals surface area contributed by atoms with Crippen molar-refractivity contribution in [1.29, 1.82) is 0 Å². The summed E-state index contributed by atoms with van der Waals surface area (Å²) >= 11 is 0. The van der Waals surface area contributed by atoms with E-state index in [2.05, 4.69) is 17.1 Å². The predicted molar refractivity (Wildman–Crippen MR) is 123 cm³/mol. The van der Waals surface area contributed by atoms with Gasteiger partial charge in [-0.3, -0.25) is 4.79 Å². The van der Waals surface area contributed by atoms with Crippen molar-refractivity contribution in [2.45, 2.75) is 38.0 Å². The molecule has 3 aromatic rings. The fourth-order valence-corrected chi connectivity index (χ4v) is 4.89. The Kier molecular flexibility index (Phi) is 6.42. The van der Waals surface area contributed by atoms with Crippen LogP contribution in [0.2, 0.25) is 0 Å². The maximum Gasteiger partial charge on any atom is 0.224 e. The highest BCUT2D eigenvalue weighted by Crippen LogP contribution is 2.49. The van der Waals surface area contributed by atoms with Crippen LogP contribution in [0.4, 0.5) is 0 Å². The van der Waals surface area contributed by atoms with E-state index in [4.69, 9.17) is 16.5 Å². The van der Waals surface area contributed by atoms with Gasteiger partial charge in [0, 0.05) is 17.7 Å². The molecule has 1 amide bonds. The van der Waals surface area contributed by atoms with E-state index in [0.717, 1.165) is 42.5 Å². The standard InChI is InChI=1S/C26H30N4O/c27-18-20-11-14-26(15-12-20,25(28)31)22(17-19-7-3-1-4-8-19)24-29-16-13-23(30-24)21-9-5-2-6-10-21/h1-10,13,16,20,22H,11-12,14-15,17-18,27H2,(H2,28,31)/t20?,22-,26?/m1/s1. The maximum atomic E-state index is 13.0. The first-order valence-electron chi connectivity index (χ1n) is 11.0. The molecule has 1 fully saturated rings. The monoisotopic (exact) mass is 414 g/mol. The van der Waals surface area contributed by atoms with Crippen molar-refractivity contribution >= 4 is 5.91 Å². The van der Waals surface area contributed by atoms with Crippen LogP contribution >= 0.6 is 0 Å². The first-order valence-corrected chi connectivity index (χ1v) is 11.0. The Morgan fingerprint density at radius 3 is 2.26 bits per heavy atom. The van der Waals surface area contributed by atoms with Gasteiger partial charge in [-0.25, -0.2) is 9.97 Å². The lowest BCUT2D eigenvalue weighted by atomic mass is 9.61. The Bertz CT molecular complexity index is 998. The molecule has 1 atom stereocenters. The molecule has 4 N–H and O–H groups in total. The number of carbonyl (C=O) groups excluding carboxylic acids is 1. The Morgan fingerprint density at radius 2 is 1.65 bits per heavy atom. The molecule has 160 valence electrons. The number of amides is 1. The zero-order chi connectivity index (χ0) is 21.7. The van der Waals surface area contributed by atoms with Gasteiger partial charge in [0.15, 0.2) is 0 Å². The first-order chi connectivity index (χ1) is 15.1. The molecule has 0 radical (unpaired) electrons. The van der Waals surface area contributed by atoms with Gasteiger partial charge in [0.05, 0.1) is 11.1 Å². The van der Waals surface area contributed by atoms with E-state index < -0.39 is 5.41 Å². The minimum atomic E-state index is -0.670. The van der Waals surface area contributed by atoms with Crippen LogP contribution in [-0.4, -0.2) is 22.4 Å². The molecule has 0 aliphatic heterocycles. The number of carbonyl (C=O) groups is 1. The van der Waals surface area contributed by atoms with Crippen LogP contribution < -0.4 is 11.5 Å². The largest absolute Gasteiger partial charge is 0.369 e. The molecule has 4 rings (SSSR count). The van der Waals surface area contributed by atoms with Crippen LogP contribution in [0.5, 0.6) is 0 Å². The molecule has 0 unspecified atom stereocenters. The summed E-state index contributed by atoms with van der Waals surface area (Å²) in [7, 11) is 0. The quantitative estimate of drug-likeness (QED) is 0.609. The second-order valence-corrected chi connectivity index (χ2v) is 8.61. The van der Waals surface area contributed by atoms with E-state index >= 15 is 0 Å². The topological polar surface area (TPSA) is 94.9 Å². The summed E-state index contributed by atoms with van der Waals surface area (Å²) in [6, 6.07) is 22.2. The number of hydrogen-bond acceptors (Lipinski definition) is 4. The molecule has 1 aliphatic rings. The van der Waals surface area contributed by atoms with Crippen LogP contribution in [0.3, 0.4) is 0 Å². The van der Waals surface area contributed by atoms with Crippen LogP contribution in [0.25, 0.3) is 11.3 Å². The second kappa shape index (κ2) is 9.40. The minimum Gasteiger partial charge on any atom is -0.369 e. The summed E-state index contributed by atoms with van der Waals surface area (Å²) < 4.78 is 0. The third-order valence-electron chi connectivity index (χ3n) is 6.83. The van der Waals surface area contributed by atoms with Gasteiger partial charge in [0.25, 0.3) is 0 Å². The number of aromatic nitrogens is 2. The van der Waals surface area contributed by atoms with Gasteiger partial charge in [0.2, 0.25) is 5.91 Å². The normalized spacial score (nSPS) is 22.0. The van der Waals surface area contributed by atoms with E-state index in [9.17, 15) is 4.79 Å². The number of nitrogens with two attached hydrogens (primary N) is 2. The molecule has 0 saturated heterocycles. The highest BCUT2D eigenvalue weighted by molar-refractivity contribution is 5.82. The fraction of sp³-hybridized carbons (Fsp3) is 0.346. The molecule has 5 nitrogen and oxygen atoms in total. The Labute approximate surface area is 183 Å². The van der Waals surface area contributed by atoms with Crippen LogP contribution in [0.15, 0.2) is 72.9 Å².